The number of rotatable bonds is 12. The molecule has 30 heavy (non-hydrogen) atoms. The minimum absolute atomic E-state index is 0.0213. The van der Waals surface area contributed by atoms with E-state index in [1.165, 1.54) is 4.90 Å². The van der Waals surface area contributed by atoms with Gasteiger partial charge in [-0.05, 0) is 57.3 Å². The van der Waals surface area contributed by atoms with Crippen molar-refractivity contribution in [2.24, 2.45) is 23.5 Å². The fourth-order valence-electron chi connectivity index (χ4n) is 4.19. The second-order valence-corrected chi connectivity index (χ2v) is 8.84. The summed E-state index contributed by atoms with van der Waals surface area (Å²) < 4.78 is 0. The molecule has 1 aliphatic heterocycles. The molecule has 1 saturated heterocycles. The maximum Gasteiger partial charge on any atom is 0.307 e. The molecule has 8 nitrogen and oxygen atoms in total. The van der Waals surface area contributed by atoms with Crippen molar-refractivity contribution in [2.45, 2.75) is 76.3 Å². The Bertz CT molecular complexity index is 703. The molecule has 166 valence electrons. The summed E-state index contributed by atoms with van der Waals surface area (Å²) in [5, 5.41) is 11.8. The molecule has 3 amide bonds. The summed E-state index contributed by atoms with van der Waals surface area (Å²) in [7, 11) is 0. The SMILES string of the molecule is NC(=O)[C@@H]1CCCN1C(=O)[C@H](CCCCC/C=C\[C@@H]1C[C@@H]1C(=O)O)NC(=O)C1CC1. The van der Waals surface area contributed by atoms with Crippen LogP contribution in [0.4, 0.5) is 0 Å². The number of carboxylic acid groups (broad SMARTS) is 1. The number of nitrogens with zero attached hydrogens (tertiary/aromatic N) is 1. The molecule has 0 bridgehead atoms. The summed E-state index contributed by atoms with van der Waals surface area (Å²) in [5.74, 6) is -1.47. The van der Waals surface area contributed by atoms with Crippen LogP contribution in [0.5, 0.6) is 0 Å². The number of primary amides is 1. The lowest BCUT2D eigenvalue weighted by atomic mass is 10.0. The Morgan fingerprint density at radius 1 is 1.13 bits per heavy atom. The van der Waals surface area contributed by atoms with Crippen molar-refractivity contribution in [1.29, 1.82) is 0 Å². The van der Waals surface area contributed by atoms with Crippen LogP contribution in [-0.4, -0.2) is 52.3 Å². The average molecular weight is 420 g/mol. The van der Waals surface area contributed by atoms with E-state index in [1.54, 1.807) is 0 Å². The Balaban J connectivity index is 1.42. The van der Waals surface area contributed by atoms with Crippen molar-refractivity contribution in [3.8, 4) is 0 Å². The number of amides is 3. The average Bonchev–Trinajstić information content (AvgIpc) is 3.62. The van der Waals surface area contributed by atoms with E-state index in [9.17, 15) is 19.2 Å². The van der Waals surface area contributed by atoms with Gasteiger partial charge < -0.3 is 21.1 Å². The van der Waals surface area contributed by atoms with E-state index in [2.05, 4.69) is 5.32 Å². The number of hydrogen-bond donors (Lipinski definition) is 3. The number of likely N-dealkylation sites (tertiary alicyclic amines) is 1. The predicted octanol–water partition coefficient (Wildman–Crippen LogP) is 1.58. The standard InChI is InChI=1S/C22H33N3O5/c23-19(26)18-9-6-12-25(18)21(28)17(24-20(27)14-10-11-14)8-5-3-1-2-4-7-15-13-16(15)22(29)30/h4,7,14-18H,1-3,5-6,8-13H2,(H2,23,26)(H,24,27)(H,29,30)/b7-4-/t15-,16+,17+,18+/m1/s1. The lowest BCUT2D eigenvalue weighted by molar-refractivity contribution is -0.141. The van der Waals surface area contributed by atoms with Crippen LogP contribution in [0.3, 0.4) is 0 Å². The van der Waals surface area contributed by atoms with Crippen LogP contribution in [0.2, 0.25) is 0 Å². The van der Waals surface area contributed by atoms with Crippen molar-refractivity contribution in [1.82, 2.24) is 10.2 Å². The maximum atomic E-state index is 13.0. The van der Waals surface area contributed by atoms with Gasteiger partial charge in [-0.25, -0.2) is 0 Å². The molecule has 2 aliphatic carbocycles. The minimum atomic E-state index is -0.717. The van der Waals surface area contributed by atoms with Gasteiger partial charge in [0.2, 0.25) is 17.7 Å². The first kappa shape index (κ1) is 22.3. The molecule has 3 aliphatic rings. The third kappa shape index (κ3) is 6.06. The Hall–Kier alpha value is -2.38. The van der Waals surface area contributed by atoms with E-state index < -0.39 is 24.0 Å². The highest BCUT2D eigenvalue weighted by atomic mass is 16.4. The molecule has 0 aromatic carbocycles. The number of hydrogen-bond acceptors (Lipinski definition) is 4. The summed E-state index contributed by atoms with van der Waals surface area (Å²) in [6.45, 7) is 0.505. The topological polar surface area (TPSA) is 130 Å². The van der Waals surface area contributed by atoms with Crippen LogP contribution < -0.4 is 11.1 Å². The molecule has 4 N–H and O–H groups in total. The molecule has 3 rings (SSSR count). The van der Waals surface area contributed by atoms with Gasteiger partial charge in [0.15, 0.2) is 0 Å². The van der Waals surface area contributed by atoms with Crippen LogP contribution in [0, 0.1) is 17.8 Å². The minimum Gasteiger partial charge on any atom is -0.481 e. The van der Waals surface area contributed by atoms with Gasteiger partial charge in [0.05, 0.1) is 5.92 Å². The molecule has 8 heteroatoms. The van der Waals surface area contributed by atoms with Gasteiger partial charge in [-0.2, -0.15) is 0 Å². The van der Waals surface area contributed by atoms with E-state index in [1.807, 2.05) is 12.2 Å². The predicted molar refractivity (Wildman–Crippen MR) is 110 cm³/mol. The quantitative estimate of drug-likeness (QED) is 0.327. The molecule has 1 heterocycles. The number of nitrogens with one attached hydrogen (secondary N) is 1. The zero-order chi connectivity index (χ0) is 21.7. The Morgan fingerprint density at radius 2 is 1.90 bits per heavy atom. The molecule has 2 saturated carbocycles. The van der Waals surface area contributed by atoms with Crippen molar-refractivity contribution < 1.29 is 24.3 Å². The number of carbonyl (C=O) groups is 4. The first-order chi connectivity index (χ1) is 14.4. The van der Waals surface area contributed by atoms with Gasteiger partial charge in [-0.1, -0.05) is 25.0 Å². The van der Waals surface area contributed by atoms with Crippen LogP contribution in [-0.2, 0) is 19.2 Å². The zero-order valence-corrected chi connectivity index (χ0v) is 17.4. The molecule has 4 atom stereocenters. The Kier molecular flexibility index (Phi) is 7.50. The van der Waals surface area contributed by atoms with Crippen LogP contribution in [0.1, 0.15) is 64.2 Å². The first-order valence-electron chi connectivity index (χ1n) is 11.2. The van der Waals surface area contributed by atoms with Crippen molar-refractivity contribution in [2.75, 3.05) is 6.54 Å². The number of carbonyl (C=O) groups excluding carboxylic acids is 3. The van der Waals surface area contributed by atoms with Crippen molar-refractivity contribution in [3.63, 3.8) is 0 Å². The number of nitrogens with two attached hydrogens (primary N) is 1. The number of aliphatic carboxylic acids is 1. The lowest BCUT2D eigenvalue weighted by Gasteiger charge is -2.28. The van der Waals surface area contributed by atoms with Crippen LogP contribution in [0.15, 0.2) is 12.2 Å². The molecule has 0 aromatic heterocycles. The van der Waals surface area contributed by atoms with Crippen molar-refractivity contribution >= 4 is 23.7 Å². The zero-order valence-electron chi connectivity index (χ0n) is 17.4. The molecule has 0 unspecified atom stereocenters. The second-order valence-electron chi connectivity index (χ2n) is 8.84. The second kappa shape index (κ2) is 10.1. The first-order valence-corrected chi connectivity index (χ1v) is 11.2. The fourth-order valence-corrected chi connectivity index (χ4v) is 4.19. The highest BCUT2D eigenvalue weighted by Gasteiger charge is 2.41. The number of carboxylic acids is 1. The molecule has 0 radical (unpaired) electrons. The third-order valence-corrected chi connectivity index (χ3v) is 6.33. The Morgan fingerprint density at radius 3 is 2.53 bits per heavy atom. The summed E-state index contributed by atoms with van der Waals surface area (Å²) in [5.41, 5.74) is 5.45. The number of allylic oxidation sites excluding steroid dienone is 2. The maximum absolute atomic E-state index is 13.0. The van der Waals surface area contributed by atoms with E-state index in [-0.39, 0.29) is 29.6 Å². The monoisotopic (exact) mass is 419 g/mol. The highest BCUT2D eigenvalue weighted by Crippen LogP contribution is 2.39. The summed E-state index contributed by atoms with van der Waals surface area (Å²) in [6.07, 6.45) is 12.0. The van der Waals surface area contributed by atoms with Gasteiger partial charge in [0.1, 0.15) is 12.1 Å². The van der Waals surface area contributed by atoms with Gasteiger partial charge in [0.25, 0.3) is 0 Å². The van der Waals surface area contributed by atoms with Crippen molar-refractivity contribution in [3.05, 3.63) is 12.2 Å². The van der Waals surface area contributed by atoms with Gasteiger partial charge in [0, 0.05) is 12.5 Å². The summed E-state index contributed by atoms with van der Waals surface area (Å²) in [4.78, 5) is 49.3. The van der Waals surface area contributed by atoms with E-state index >= 15 is 0 Å². The molecule has 0 aromatic rings. The Labute approximate surface area is 177 Å². The van der Waals surface area contributed by atoms with Crippen LogP contribution >= 0.6 is 0 Å². The normalized spacial score (nSPS) is 26.5. The highest BCUT2D eigenvalue weighted by molar-refractivity contribution is 5.92. The van der Waals surface area contributed by atoms with E-state index in [0.29, 0.717) is 19.4 Å². The van der Waals surface area contributed by atoms with E-state index in [4.69, 9.17) is 10.8 Å². The molecule has 0 spiro atoms. The molecular formula is C22H33N3O5. The summed E-state index contributed by atoms with van der Waals surface area (Å²) in [6, 6.07) is -1.17. The summed E-state index contributed by atoms with van der Waals surface area (Å²) >= 11 is 0. The van der Waals surface area contributed by atoms with Crippen LogP contribution in [0.25, 0.3) is 0 Å². The smallest absolute Gasteiger partial charge is 0.307 e. The van der Waals surface area contributed by atoms with Gasteiger partial charge >= 0.3 is 5.97 Å². The largest absolute Gasteiger partial charge is 0.481 e. The van der Waals surface area contributed by atoms with Gasteiger partial charge in [-0.3, -0.25) is 19.2 Å². The lowest BCUT2D eigenvalue weighted by Crippen LogP contribution is -2.53. The third-order valence-electron chi connectivity index (χ3n) is 6.33. The van der Waals surface area contributed by atoms with E-state index in [0.717, 1.165) is 51.4 Å². The molecular weight excluding hydrogens is 386 g/mol. The molecule has 3 fully saturated rings. The fraction of sp³-hybridized carbons (Fsp3) is 0.727. The van der Waals surface area contributed by atoms with Gasteiger partial charge in [-0.15, -0.1) is 0 Å². The number of unbranched alkanes of at least 4 members (excludes halogenated alkanes) is 3.